The molecule has 0 fully saturated rings. The van der Waals surface area contributed by atoms with Gasteiger partial charge in [-0.25, -0.2) is 4.98 Å². The topological polar surface area (TPSA) is 61.0 Å². The minimum Gasteiger partial charge on any atom is -0.437 e. The van der Waals surface area contributed by atoms with E-state index in [2.05, 4.69) is 22.1 Å². The van der Waals surface area contributed by atoms with Crippen molar-refractivity contribution in [3.05, 3.63) is 72.7 Å². The van der Waals surface area contributed by atoms with Gasteiger partial charge in [-0.1, -0.05) is 42.5 Å². The molecule has 0 aliphatic heterocycles. The van der Waals surface area contributed by atoms with E-state index in [1.807, 2.05) is 42.5 Å². The van der Waals surface area contributed by atoms with E-state index in [1.165, 1.54) is 5.56 Å². The zero-order valence-electron chi connectivity index (χ0n) is 11.4. The van der Waals surface area contributed by atoms with Gasteiger partial charge in [0.1, 0.15) is 11.4 Å². The number of ether oxygens (including phenoxy) is 1. The minimum atomic E-state index is 0.297. The summed E-state index contributed by atoms with van der Waals surface area (Å²) in [6, 6.07) is 18.1. The molecule has 0 aliphatic carbocycles. The fourth-order valence-electron chi connectivity index (χ4n) is 2.04. The predicted molar refractivity (Wildman–Crippen MR) is 81.9 cm³/mol. The van der Waals surface area contributed by atoms with Crippen LogP contribution in [0.4, 0.5) is 0 Å². The molecule has 21 heavy (non-hydrogen) atoms. The molecule has 104 valence electrons. The molecule has 0 bridgehead atoms. The molecule has 2 aromatic carbocycles. The lowest BCUT2D eigenvalue weighted by molar-refractivity contribution is 0.452. The van der Waals surface area contributed by atoms with Gasteiger partial charge in [-0.05, 0) is 23.3 Å². The maximum Gasteiger partial charge on any atom is 0.242 e. The van der Waals surface area contributed by atoms with Gasteiger partial charge < -0.3 is 10.5 Å². The van der Waals surface area contributed by atoms with Gasteiger partial charge >= 0.3 is 0 Å². The first-order valence-corrected chi connectivity index (χ1v) is 6.70. The molecule has 0 unspecified atom stereocenters. The highest BCUT2D eigenvalue weighted by Gasteiger charge is 2.06. The molecule has 0 saturated heterocycles. The lowest BCUT2D eigenvalue weighted by atomic mass is 10.1. The number of hydrogen-bond donors (Lipinski definition) is 1. The summed E-state index contributed by atoms with van der Waals surface area (Å²) in [6.45, 7) is 0.297. The quantitative estimate of drug-likeness (QED) is 0.794. The first-order chi connectivity index (χ1) is 10.4. The van der Waals surface area contributed by atoms with Crippen molar-refractivity contribution in [1.29, 1.82) is 0 Å². The van der Waals surface area contributed by atoms with Gasteiger partial charge in [0.15, 0.2) is 0 Å². The smallest absolute Gasteiger partial charge is 0.242 e. The van der Waals surface area contributed by atoms with Crippen molar-refractivity contribution in [2.45, 2.75) is 6.54 Å². The van der Waals surface area contributed by atoms with E-state index in [9.17, 15) is 0 Å². The fourth-order valence-corrected chi connectivity index (χ4v) is 2.04. The molecule has 1 aromatic heterocycles. The van der Waals surface area contributed by atoms with E-state index in [1.54, 1.807) is 12.4 Å². The first kappa shape index (κ1) is 13.3. The zero-order chi connectivity index (χ0) is 14.5. The Morgan fingerprint density at radius 3 is 2.19 bits per heavy atom. The molecule has 1 heterocycles. The van der Waals surface area contributed by atoms with Gasteiger partial charge in [0, 0.05) is 18.9 Å². The van der Waals surface area contributed by atoms with Crippen molar-refractivity contribution in [3.63, 3.8) is 0 Å². The normalized spacial score (nSPS) is 10.3. The second-order valence-electron chi connectivity index (χ2n) is 4.50. The first-order valence-electron chi connectivity index (χ1n) is 6.70. The average Bonchev–Trinajstić information content (AvgIpc) is 2.57. The Labute approximate surface area is 123 Å². The molecule has 4 heteroatoms. The van der Waals surface area contributed by atoms with Crippen LogP contribution in [0.5, 0.6) is 11.6 Å². The maximum absolute atomic E-state index is 5.74. The van der Waals surface area contributed by atoms with Crippen LogP contribution in [0.25, 0.3) is 11.1 Å². The van der Waals surface area contributed by atoms with E-state index < -0.39 is 0 Å². The van der Waals surface area contributed by atoms with Crippen molar-refractivity contribution >= 4 is 0 Å². The Bertz CT molecular complexity index is 712. The predicted octanol–water partition coefficient (Wildman–Crippen LogP) is 3.39. The maximum atomic E-state index is 5.74. The Kier molecular flexibility index (Phi) is 3.89. The summed E-state index contributed by atoms with van der Waals surface area (Å²) in [6.07, 6.45) is 3.19. The molecule has 0 saturated carbocycles. The van der Waals surface area contributed by atoms with E-state index in [0.717, 1.165) is 5.56 Å². The van der Waals surface area contributed by atoms with Gasteiger partial charge in [0.05, 0.1) is 0 Å². The summed E-state index contributed by atoms with van der Waals surface area (Å²) < 4.78 is 5.74. The Hall–Kier alpha value is -2.72. The van der Waals surface area contributed by atoms with Crippen LogP contribution in [0.15, 0.2) is 67.0 Å². The monoisotopic (exact) mass is 277 g/mol. The lowest BCUT2D eigenvalue weighted by Crippen LogP contribution is -2.03. The number of aromatic nitrogens is 2. The van der Waals surface area contributed by atoms with Crippen LogP contribution in [0.3, 0.4) is 0 Å². The SMILES string of the molecule is NCc1nccnc1Oc1ccc(-c2ccccc2)cc1. The third kappa shape index (κ3) is 3.07. The van der Waals surface area contributed by atoms with Crippen molar-refractivity contribution in [3.8, 4) is 22.8 Å². The number of rotatable bonds is 4. The summed E-state index contributed by atoms with van der Waals surface area (Å²) in [7, 11) is 0. The Morgan fingerprint density at radius 1 is 0.810 bits per heavy atom. The number of nitrogens with zero attached hydrogens (tertiary/aromatic N) is 2. The summed E-state index contributed by atoms with van der Waals surface area (Å²) in [5.74, 6) is 1.16. The summed E-state index contributed by atoms with van der Waals surface area (Å²) >= 11 is 0. The van der Waals surface area contributed by atoms with Crippen LogP contribution >= 0.6 is 0 Å². The molecular weight excluding hydrogens is 262 g/mol. The van der Waals surface area contributed by atoms with Crippen molar-refractivity contribution < 1.29 is 4.74 Å². The number of benzene rings is 2. The largest absolute Gasteiger partial charge is 0.437 e. The zero-order valence-corrected chi connectivity index (χ0v) is 11.4. The van der Waals surface area contributed by atoms with Crippen LogP contribution in [0, 0.1) is 0 Å². The molecule has 0 radical (unpaired) electrons. The standard InChI is InChI=1S/C17H15N3O/c18-12-16-17(20-11-10-19-16)21-15-8-6-14(7-9-15)13-4-2-1-3-5-13/h1-11H,12,18H2. The highest BCUT2D eigenvalue weighted by Crippen LogP contribution is 2.25. The third-order valence-electron chi connectivity index (χ3n) is 3.11. The molecular formula is C17H15N3O. The molecule has 0 atom stereocenters. The van der Waals surface area contributed by atoms with E-state index in [4.69, 9.17) is 10.5 Å². The molecule has 0 spiro atoms. The molecule has 3 aromatic rings. The average molecular weight is 277 g/mol. The van der Waals surface area contributed by atoms with Crippen molar-refractivity contribution in [1.82, 2.24) is 9.97 Å². The Balaban J connectivity index is 1.82. The van der Waals surface area contributed by atoms with Gasteiger partial charge in [-0.3, -0.25) is 4.98 Å². The van der Waals surface area contributed by atoms with Crippen molar-refractivity contribution in [2.75, 3.05) is 0 Å². The van der Waals surface area contributed by atoms with Gasteiger partial charge in [-0.15, -0.1) is 0 Å². The number of hydrogen-bond acceptors (Lipinski definition) is 4. The Morgan fingerprint density at radius 2 is 1.48 bits per heavy atom. The van der Waals surface area contributed by atoms with Crippen LogP contribution in [-0.4, -0.2) is 9.97 Å². The van der Waals surface area contributed by atoms with Gasteiger partial charge in [-0.2, -0.15) is 0 Å². The van der Waals surface area contributed by atoms with Gasteiger partial charge in [0.2, 0.25) is 5.88 Å². The van der Waals surface area contributed by atoms with E-state index in [0.29, 0.717) is 23.9 Å². The molecule has 0 aliphatic rings. The molecule has 0 amide bonds. The second kappa shape index (κ2) is 6.15. The second-order valence-corrected chi connectivity index (χ2v) is 4.50. The molecule has 2 N–H and O–H groups in total. The highest BCUT2D eigenvalue weighted by molar-refractivity contribution is 5.64. The van der Waals surface area contributed by atoms with Crippen LogP contribution in [0.2, 0.25) is 0 Å². The minimum absolute atomic E-state index is 0.297. The van der Waals surface area contributed by atoms with Gasteiger partial charge in [0.25, 0.3) is 0 Å². The summed E-state index contributed by atoms with van der Waals surface area (Å²) in [5, 5.41) is 0. The molecule has 4 nitrogen and oxygen atoms in total. The van der Waals surface area contributed by atoms with Crippen LogP contribution in [-0.2, 0) is 6.54 Å². The van der Waals surface area contributed by atoms with E-state index in [-0.39, 0.29) is 0 Å². The third-order valence-corrected chi connectivity index (χ3v) is 3.11. The van der Waals surface area contributed by atoms with Crippen LogP contribution < -0.4 is 10.5 Å². The molecule has 3 rings (SSSR count). The van der Waals surface area contributed by atoms with E-state index >= 15 is 0 Å². The lowest BCUT2D eigenvalue weighted by Gasteiger charge is -2.08. The van der Waals surface area contributed by atoms with Crippen molar-refractivity contribution in [2.24, 2.45) is 5.73 Å². The fraction of sp³-hybridized carbons (Fsp3) is 0.0588. The summed E-state index contributed by atoms with van der Waals surface area (Å²) in [4.78, 5) is 8.31. The highest BCUT2D eigenvalue weighted by atomic mass is 16.5. The number of nitrogens with two attached hydrogens (primary N) is 1. The van der Waals surface area contributed by atoms with Crippen LogP contribution in [0.1, 0.15) is 5.69 Å². The summed E-state index contributed by atoms with van der Waals surface area (Å²) in [5.41, 5.74) is 8.58.